The SMILES string of the molecule is C=CC(=O)OCC(OC(=O)C=C)C(OC(=O)C=C)C(CO)OC(=O)C=C. The Labute approximate surface area is 150 Å². The van der Waals surface area contributed by atoms with E-state index in [1.165, 1.54) is 0 Å². The third kappa shape index (κ3) is 8.06. The van der Waals surface area contributed by atoms with Crippen molar-refractivity contribution in [3.05, 3.63) is 50.6 Å². The summed E-state index contributed by atoms with van der Waals surface area (Å²) >= 11 is 0. The van der Waals surface area contributed by atoms with Gasteiger partial charge in [-0.3, -0.25) is 0 Å². The summed E-state index contributed by atoms with van der Waals surface area (Å²) in [4.78, 5) is 45.8. The lowest BCUT2D eigenvalue weighted by molar-refractivity contribution is -0.188. The Bertz CT molecular complexity index is 579. The quantitative estimate of drug-likeness (QED) is 0.288. The highest BCUT2D eigenvalue weighted by Gasteiger charge is 2.38. The van der Waals surface area contributed by atoms with Gasteiger partial charge in [0.2, 0.25) is 0 Å². The van der Waals surface area contributed by atoms with Crippen LogP contribution in [0.2, 0.25) is 0 Å². The smallest absolute Gasteiger partial charge is 0.330 e. The summed E-state index contributed by atoms with van der Waals surface area (Å²) in [7, 11) is 0. The highest BCUT2D eigenvalue weighted by molar-refractivity contribution is 5.83. The minimum atomic E-state index is -1.52. The van der Waals surface area contributed by atoms with Crippen LogP contribution in [-0.4, -0.2) is 60.5 Å². The van der Waals surface area contributed by atoms with Gasteiger partial charge in [0.25, 0.3) is 0 Å². The van der Waals surface area contributed by atoms with Crippen LogP contribution in [0.3, 0.4) is 0 Å². The molecule has 0 aromatic rings. The zero-order valence-corrected chi connectivity index (χ0v) is 14.0. The first-order chi connectivity index (χ1) is 12.3. The summed E-state index contributed by atoms with van der Waals surface area (Å²) < 4.78 is 19.7. The van der Waals surface area contributed by atoms with Gasteiger partial charge in [0.1, 0.15) is 6.61 Å². The molecule has 9 heteroatoms. The molecule has 0 aromatic heterocycles. The van der Waals surface area contributed by atoms with Crippen LogP contribution in [0.25, 0.3) is 0 Å². The average Bonchev–Trinajstić information content (AvgIpc) is 2.66. The average molecular weight is 368 g/mol. The van der Waals surface area contributed by atoms with Gasteiger partial charge in [-0.05, 0) is 0 Å². The number of hydrogen-bond acceptors (Lipinski definition) is 9. The summed E-state index contributed by atoms with van der Waals surface area (Å²) in [6.07, 6.45) is -1.10. The first kappa shape index (κ1) is 22.8. The molecule has 3 atom stereocenters. The molecule has 26 heavy (non-hydrogen) atoms. The lowest BCUT2D eigenvalue weighted by Gasteiger charge is -2.30. The highest BCUT2D eigenvalue weighted by Crippen LogP contribution is 2.15. The molecule has 0 spiro atoms. The second kappa shape index (κ2) is 12.2. The van der Waals surface area contributed by atoms with Gasteiger partial charge in [0.15, 0.2) is 18.3 Å². The number of carbonyl (C=O) groups is 4. The van der Waals surface area contributed by atoms with Crippen LogP contribution in [0.15, 0.2) is 50.6 Å². The molecule has 0 amide bonds. The molecule has 0 aromatic carbocycles. The van der Waals surface area contributed by atoms with E-state index in [1.807, 2.05) is 0 Å². The van der Waals surface area contributed by atoms with Crippen LogP contribution < -0.4 is 0 Å². The molecular weight excluding hydrogens is 348 g/mol. The molecule has 3 unspecified atom stereocenters. The van der Waals surface area contributed by atoms with Crippen molar-refractivity contribution in [1.29, 1.82) is 0 Å². The van der Waals surface area contributed by atoms with Crippen LogP contribution in [0.4, 0.5) is 0 Å². The number of aliphatic hydroxyl groups excluding tert-OH is 1. The molecule has 0 saturated carbocycles. The van der Waals surface area contributed by atoms with E-state index in [0.717, 1.165) is 24.3 Å². The lowest BCUT2D eigenvalue weighted by Crippen LogP contribution is -2.49. The Kier molecular flexibility index (Phi) is 10.7. The maximum absolute atomic E-state index is 11.6. The monoisotopic (exact) mass is 368 g/mol. The van der Waals surface area contributed by atoms with Crippen molar-refractivity contribution in [2.75, 3.05) is 13.2 Å². The number of aliphatic hydroxyl groups is 1. The van der Waals surface area contributed by atoms with Gasteiger partial charge >= 0.3 is 23.9 Å². The minimum absolute atomic E-state index is 0.582. The van der Waals surface area contributed by atoms with Crippen LogP contribution in [-0.2, 0) is 38.1 Å². The van der Waals surface area contributed by atoms with Gasteiger partial charge in [0.05, 0.1) is 6.61 Å². The van der Waals surface area contributed by atoms with E-state index < -0.39 is 55.4 Å². The molecule has 0 radical (unpaired) electrons. The van der Waals surface area contributed by atoms with E-state index in [2.05, 4.69) is 26.3 Å². The third-order valence-corrected chi connectivity index (χ3v) is 2.76. The van der Waals surface area contributed by atoms with Crippen LogP contribution in [0.1, 0.15) is 0 Å². The summed E-state index contributed by atoms with van der Waals surface area (Å²) in [6, 6.07) is 0. The highest BCUT2D eigenvalue weighted by atomic mass is 16.6. The molecule has 0 rings (SSSR count). The number of esters is 4. The van der Waals surface area contributed by atoms with Crippen LogP contribution in [0, 0.1) is 0 Å². The summed E-state index contributed by atoms with van der Waals surface area (Å²) in [5, 5.41) is 9.48. The van der Waals surface area contributed by atoms with Crippen molar-refractivity contribution >= 4 is 23.9 Å². The van der Waals surface area contributed by atoms with Crippen molar-refractivity contribution in [1.82, 2.24) is 0 Å². The van der Waals surface area contributed by atoms with E-state index in [-0.39, 0.29) is 0 Å². The molecule has 0 saturated heterocycles. The fourth-order valence-corrected chi connectivity index (χ4v) is 1.60. The van der Waals surface area contributed by atoms with Crippen LogP contribution in [0.5, 0.6) is 0 Å². The molecule has 0 aliphatic rings. The number of carbonyl (C=O) groups excluding carboxylic acids is 4. The predicted molar refractivity (Wildman–Crippen MR) is 88.5 cm³/mol. The number of ether oxygens (including phenoxy) is 4. The Balaban J connectivity index is 5.68. The maximum atomic E-state index is 11.6. The second-order valence-corrected chi connectivity index (χ2v) is 4.48. The molecular formula is C17H20O9. The van der Waals surface area contributed by atoms with Gasteiger partial charge in [-0.15, -0.1) is 0 Å². The summed E-state index contributed by atoms with van der Waals surface area (Å²) in [6.45, 7) is 11.5. The Morgan fingerprint density at radius 2 is 1.15 bits per heavy atom. The second-order valence-electron chi connectivity index (χ2n) is 4.48. The Morgan fingerprint density at radius 1 is 0.731 bits per heavy atom. The first-order valence-corrected chi connectivity index (χ1v) is 7.22. The van der Waals surface area contributed by atoms with E-state index in [1.54, 1.807) is 0 Å². The maximum Gasteiger partial charge on any atom is 0.330 e. The van der Waals surface area contributed by atoms with Crippen molar-refractivity contribution in [3.63, 3.8) is 0 Å². The van der Waals surface area contributed by atoms with Crippen molar-refractivity contribution in [2.45, 2.75) is 18.3 Å². The largest absolute Gasteiger partial charge is 0.458 e. The van der Waals surface area contributed by atoms with Gasteiger partial charge in [0, 0.05) is 24.3 Å². The summed E-state index contributed by atoms with van der Waals surface area (Å²) in [5.41, 5.74) is 0. The van der Waals surface area contributed by atoms with Crippen LogP contribution >= 0.6 is 0 Å². The molecule has 0 bridgehead atoms. The normalized spacial score (nSPS) is 13.1. The van der Waals surface area contributed by atoms with Crippen molar-refractivity contribution in [3.8, 4) is 0 Å². The molecule has 0 heterocycles. The summed E-state index contributed by atoms with van der Waals surface area (Å²) in [5.74, 6) is -3.67. The molecule has 0 aliphatic carbocycles. The zero-order valence-electron chi connectivity index (χ0n) is 14.0. The number of rotatable bonds is 12. The van der Waals surface area contributed by atoms with Crippen molar-refractivity contribution in [2.24, 2.45) is 0 Å². The molecule has 9 nitrogen and oxygen atoms in total. The molecule has 1 N–H and O–H groups in total. The topological polar surface area (TPSA) is 125 Å². The fraction of sp³-hybridized carbons (Fsp3) is 0.294. The minimum Gasteiger partial charge on any atom is -0.458 e. The zero-order chi connectivity index (χ0) is 20.1. The van der Waals surface area contributed by atoms with Gasteiger partial charge in [-0.25, -0.2) is 19.2 Å². The molecule has 142 valence electrons. The molecule has 0 aliphatic heterocycles. The first-order valence-electron chi connectivity index (χ1n) is 7.22. The Hall–Kier alpha value is -3.20. The van der Waals surface area contributed by atoms with E-state index in [4.69, 9.17) is 18.9 Å². The standard InChI is InChI=1S/C17H20O9/c1-5-13(19)23-10-12(25-15(21)7-3)17(26-16(22)8-4)11(9-18)24-14(20)6-2/h5-8,11-12,17-18H,1-4,9-10H2. The lowest BCUT2D eigenvalue weighted by atomic mass is 10.1. The third-order valence-electron chi connectivity index (χ3n) is 2.76. The van der Waals surface area contributed by atoms with E-state index in [0.29, 0.717) is 0 Å². The Morgan fingerprint density at radius 3 is 1.58 bits per heavy atom. The van der Waals surface area contributed by atoms with Gasteiger partial charge < -0.3 is 24.1 Å². The number of hydrogen-bond donors (Lipinski definition) is 1. The van der Waals surface area contributed by atoms with Gasteiger partial charge in [-0.1, -0.05) is 26.3 Å². The predicted octanol–water partition coefficient (Wildman–Crippen LogP) is 0.00130. The molecule has 0 fully saturated rings. The van der Waals surface area contributed by atoms with E-state index >= 15 is 0 Å². The van der Waals surface area contributed by atoms with E-state index in [9.17, 15) is 24.3 Å². The fourth-order valence-electron chi connectivity index (χ4n) is 1.60. The van der Waals surface area contributed by atoms with Gasteiger partial charge in [-0.2, -0.15) is 0 Å². The van der Waals surface area contributed by atoms with Crippen molar-refractivity contribution < 1.29 is 43.2 Å².